The van der Waals surface area contributed by atoms with Gasteiger partial charge in [-0.25, -0.2) is 13.4 Å². The summed E-state index contributed by atoms with van der Waals surface area (Å²) in [5.41, 5.74) is 1.57. The van der Waals surface area contributed by atoms with Crippen LogP contribution in [0.1, 0.15) is 16.1 Å². The van der Waals surface area contributed by atoms with Gasteiger partial charge in [0.1, 0.15) is 22.5 Å². The molecule has 0 N–H and O–H groups in total. The van der Waals surface area contributed by atoms with E-state index in [1.54, 1.807) is 42.2 Å². The number of hydrogen-bond acceptors (Lipinski definition) is 9. The lowest BCUT2D eigenvalue weighted by Gasteiger charge is -2.29. The van der Waals surface area contributed by atoms with Crippen molar-refractivity contribution in [3.8, 4) is 11.3 Å². The maximum Gasteiger partial charge on any atom is 0.266 e. The normalized spacial score (nSPS) is 14.8. The molecule has 0 bridgehead atoms. The van der Waals surface area contributed by atoms with Crippen molar-refractivity contribution < 1.29 is 22.5 Å². The van der Waals surface area contributed by atoms with Crippen molar-refractivity contribution in [3.63, 3.8) is 0 Å². The number of anilines is 1. The van der Waals surface area contributed by atoms with E-state index in [9.17, 15) is 13.2 Å². The largest absolute Gasteiger partial charge is 0.379 e. The van der Waals surface area contributed by atoms with E-state index in [-0.39, 0.29) is 16.4 Å². The number of halogens is 1. The molecule has 0 aliphatic carbocycles. The van der Waals surface area contributed by atoms with Crippen molar-refractivity contribution in [3.05, 3.63) is 58.8 Å². The summed E-state index contributed by atoms with van der Waals surface area (Å²) in [6.45, 7) is 5.40. The number of fused-ring (bicyclic) bond motifs is 1. The average molecular weight is 561 g/mol. The highest BCUT2D eigenvalue weighted by Gasteiger charge is 2.30. The third-order valence-corrected chi connectivity index (χ3v) is 8.70. The number of sulfone groups is 1. The van der Waals surface area contributed by atoms with E-state index in [4.69, 9.17) is 20.9 Å². The zero-order valence-electron chi connectivity index (χ0n) is 20.3. The lowest BCUT2D eigenvalue weighted by molar-refractivity contribution is 0.0391. The van der Waals surface area contributed by atoms with Gasteiger partial charge in [-0.15, -0.1) is 0 Å². The summed E-state index contributed by atoms with van der Waals surface area (Å²) in [6, 6.07) is 12.1. The number of carbonyl (C=O) groups excluding carboxylic acids is 1. The molecule has 1 amide bonds. The Morgan fingerprint density at radius 2 is 1.92 bits per heavy atom. The molecule has 1 aliphatic rings. The minimum Gasteiger partial charge on any atom is -0.379 e. The Kier molecular flexibility index (Phi) is 7.32. The smallest absolute Gasteiger partial charge is 0.266 e. The minimum absolute atomic E-state index is 0.131. The van der Waals surface area contributed by atoms with Crippen LogP contribution >= 0.6 is 22.9 Å². The third-order valence-electron chi connectivity index (χ3n) is 6.20. The van der Waals surface area contributed by atoms with Crippen LogP contribution in [0.25, 0.3) is 21.5 Å². The number of carbonyl (C=O) groups is 1. The molecule has 2 aromatic carbocycles. The van der Waals surface area contributed by atoms with Gasteiger partial charge >= 0.3 is 0 Å². The van der Waals surface area contributed by atoms with Gasteiger partial charge < -0.3 is 9.26 Å². The van der Waals surface area contributed by atoms with Gasteiger partial charge in [0.25, 0.3) is 5.91 Å². The maximum atomic E-state index is 14.2. The molecule has 0 saturated carbocycles. The third kappa shape index (κ3) is 5.27. The summed E-state index contributed by atoms with van der Waals surface area (Å²) in [5.74, 6) is 0.0103. The van der Waals surface area contributed by atoms with Gasteiger partial charge in [0.15, 0.2) is 15.0 Å². The first-order chi connectivity index (χ1) is 17.7. The highest BCUT2D eigenvalue weighted by molar-refractivity contribution is 7.91. The number of para-hydroxylation sites is 1. The molecule has 9 nitrogen and oxygen atoms in total. The highest BCUT2D eigenvalue weighted by atomic mass is 35.5. The summed E-state index contributed by atoms with van der Waals surface area (Å²) in [7, 11) is -3.51. The maximum absolute atomic E-state index is 14.2. The van der Waals surface area contributed by atoms with Crippen LogP contribution in [0.15, 0.2) is 51.9 Å². The van der Waals surface area contributed by atoms with Gasteiger partial charge in [-0.3, -0.25) is 14.6 Å². The topological polar surface area (TPSA) is 106 Å². The first-order valence-electron chi connectivity index (χ1n) is 11.7. The van der Waals surface area contributed by atoms with Gasteiger partial charge in [0.05, 0.1) is 27.8 Å². The van der Waals surface area contributed by atoms with Crippen LogP contribution in [0.5, 0.6) is 0 Å². The lowest BCUT2D eigenvalue weighted by atomic mass is 10.1. The number of ether oxygens (including phenoxy) is 1. The van der Waals surface area contributed by atoms with E-state index in [0.717, 1.165) is 19.3 Å². The molecule has 3 heterocycles. The molecule has 0 radical (unpaired) electrons. The molecule has 37 heavy (non-hydrogen) atoms. The molecule has 194 valence electrons. The van der Waals surface area contributed by atoms with Crippen molar-refractivity contribution in [2.45, 2.75) is 11.8 Å². The van der Waals surface area contributed by atoms with Crippen molar-refractivity contribution in [2.75, 3.05) is 50.5 Å². The van der Waals surface area contributed by atoms with Crippen LogP contribution in [0, 0.1) is 6.92 Å². The second-order valence-electron chi connectivity index (χ2n) is 8.72. The molecular formula is C25H25ClN4O5S2. The van der Waals surface area contributed by atoms with E-state index in [2.05, 4.69) is 15.0 Å². The quantitative estimate of drug-likeness (QED) is 0.329. The fourth-order valence-electron chi connectivity index (χ4n) is 4.27. The van der Waals surface area contributed by atoms with E-state index < -0.39 is 9.84 Å². The van der Waals surface area contributed by atoms with Crippen molar-refractivity contribution >= 4 is 54.0 Å². The molecule has 2 aromatic heterocycles. The van der Waals surface area contributed by atoms with Gasteiger partial charge in [-0.2, -0.15) is 0 Å². The van der Waals surface area contributed by atoms with E-state index in [0.29, 0.717) is 63.7 Å². The molecule has 12 heteroatoms. The zero-order valence-corrected chi connectivity index (χ0v) is 22.7. The lowest BCUT2D eigenvalue weighted by Crippen LogP contribution is -2.43. The standard InChI is InChI=1S/C25H25ClN4O5S2/c1-16-21(22(28-35-16)17-6-3-4-7-18(17)26)24(31)30(11-10-29-12-14-34-15-13-29)25-27-23-19(36-25)8-5-9-20(23)37(2,32)33/h3-9H,10-15H2,1-2H3. The number of aromatic nitrogens is 2. The Hall–Kier alpha value is -2.83. The molecule has 0 unspecified atom stereocenters. The molecular weight excluding hydrogens is 536 g/mol. The summed E-state index contributed by atoms with van der Waals surface area (Å²) in [6.07, 6.45) is 1.15. The Morgan fingerprint density at radius 3 is 2.65 bits per heavy atom. The number of nitrogens with zero attached hydrogens (tertiary/aromatic N) is 4. The molecule has 1 fully saturated rings. The summed E-state index contributed by atoms with van der Waals surface area (Å²) in [4.78, 5) is 22.7. The zero-order chi connectivity index (χ0) is 26.2. The number of aryl methyl sites for hydroxylation is 1. The van der Waals surface area contributed by atoms with Crippen LogP contribution in [0.4, 0.5) is 5.13 Å². The Bertz CT molecular complexity index is 1560. The minimum atomic E-state index is -3.51. The second kappa shape index (κ2) is 10.5. The molecule has 1 aliphatic heterocycles. The number of thiazole rings is 1. The van der Waals surface area contributed by atoms with E-state index >= 15 is 0 Å². The number of amides is 1. The van der Waals surface area contributed by atoms with Crippen molar-refractivity contribution in [2.24, 2.45) is 0 Å². The number of rotatable bonds is 7. The summed E-state index contributed by atoms with van der Waals surface area (Å²) >= 11 is 7.69. The van der Waals surface area contributed by atoms with Crippen LogP contribution in [0.2, 0.25) is 5.02 Å². The van der Waals surface area contributed by atoms with Crippen molar-refractivity contribution in [1.82, 2.24) is 15.0 Å². The van der Waals surface area contributed by atoms with Crippen LogP contribution in [0.3, 0.4) is 0 Å². The predicted molar refractivity (Wildman–Crippen MR) is 143 cm³/mol. The summed E-state index contributed by atoms with van der Waals surface area (Å²) in [5, 5.41) is 5.00. The number of morpholine rings is 1. The number of hydrogen-bond donors (Lipinski definition) is 0. The van der Waals surface area contributed by atoms with Gasteiger partial charge in [0.2, 0.25) is 0 Å². The fourth-order valence-corrected chi connectivity index (χ4v) is 6.41. The molecule has 5 rings (SSSR count). The second-order valence-corrected chi connectivity index (χ2v) is 12.1. The molecule has 0 atom stereocenters. The van der Waals surface area contributed by atoms with Crippen LogP contribution in [-0.4, -0.2) is 75.0 Å². The monoisotopic (exact) mass is 560 g/mol. The predicted octanol–water partition coefficient (Wildman–Crippen LogP) is 4.30. The summed E-state index contributed by atoms with van der Waals surface area (Å²) < 4.78 is 36.4. The fraction of sp³-hybridized carbons (Fsp3) is 0.320. The van der Waals surface area contributed by atoms with Crippen molar-refractivity contribution in [1.29, 1.82) is 0 Å². The van der Waals surface area contributed by atoms with Gasteiger partial charge in [-0.1, -0.05) is 52.4 Å². The van der Waals surface area contributed by atoms with Crippen LogP contribution in [-0.2, 0) is 14.6 Å². The number of benzene rings is 2. The van der Waals surface area contributed by atoms with E-state index in [1.807, 2.05) is 6.07 Å². The van der Waals surface area contributed by atoms with Crippen LogP contribution < -0.4 is 4.90 Å². The first-order valence-corrected chi connectivity index (χ1v) is 14.8. The van der Waals surface area contributed by atoms with Gasteiger partial charge in [-0.05, 0) is 25.1 Å². The molecule has 4 aromatic rings. The molecule has 1 saturated heterocycles. The average Bonchev–Trinajstić information content (AvgIpc) is 3.47. The van der Waals surface area contributed by atoms with Gasteiger partial charge in [0, 0.05) is 38.0 Å². The molecule has 0 spiro atoms. The Labute approximate surface area is 223 Å². The Morgan fingerprint density at radius 1 is 1.16 bits per heavy atom. The van der Waals surface area contributed by atoms with E-state index in [1.165, 1.54) is 17.4 Å². The highest BCUT2D eigenvalue weighted by Crippen LogP contribution is 2.36. The Balaban J connectivity index is 1.59. The first kappa shape index (κ1) is 25.8. The SMILES string of the molecule is Cc1onc(-c2ccccc2Cl)c1C(=O)N(CCN1CCOCC1)c1nc2c(S(C)(=O)=O)cccc2s1.